The van der Waals surface area contributed by atoms with Crippen LogP contribution in [0, 0.1) is 6.92 Å². The van der Waals surface area contributed by atoms with Gasteiger partial charge in [-0.15, -0.1) is 0 Å². The van der Waals surface area contributed by atoms with Crippen molar-refractivity contribution in [3.63, 3.8) is 0 Å². The summed E-state index contributed by atoms with van der Waals surface area (Å²) in [6.45, 7) is 4.79. The fourth-order valence-corrected chi connectivity index (χ4v) is 4.76. The highest BCUT2D eigenvalue weighted by Crippen LogP contribution is 2.29. The highest BCUT2D eigenvalue weighted by molar-refractivity contribution is 7.92. The molecule has 1 N–H and O–H groups in total. The Morgan fingerprint density at radius 3 is 2.29 bits per heavy atom. The first-order valence-electron chi connectivity index (χ1n) is 11.5. The maximum absolute atomic E-state index is 12.5. The van der Waals surface area contributed by atoms with Crippen LogP contribution < -0.4 is 14.4 Å². The number of benzene rings is 3. The SMILES string of the molecule is CCCc1ccc(OCCNC(=O)c2ccc(CN(c3cccc(Cl)c3C)S(C)(=O)=O)cc2)cc1. The molecule has 1 amide bonds. The van der Waals surface area contributed by atoms with E-state index >= 15 is 0 Å². The number of rotatable bonds is 11. The number of sulfonamides is 1. The Morgan fingerprint density at radius 2 is 1.66 bits per heavy atom. The van der Waals surface area contributed by atoms with Crippen molar-refractivity contribution in [1.29, 1.82) is 0 Å². The minimum Gasteiger partial charge on any atom is -0.492 e. The second-order valence-corrected chi connectivity index (χ2v) is 10.7. The first kappa shape index (κ1) is 26.6. The first-order valence-corrected chi connectivity index (χ1v) is 13.7. The molecule has 0 heterocycles. The molecule has 3 rings (SSSR count). The number of nitrogens with one attached hydrogen (secondary N) is 1. The molecule has 0 aliphatic carbocycles. The van der Waals surface area contributed by atoms with Gasteiger partial charge in [0.25, 0.3) is 5.91 Å². The Kier molecular flexibility index (Phi) is 9.18. The first-order chi connectivity index (χ1) is 16.7. The van der Waals surface area contributed by atoms with E-state index in [1.165, 1.54) is 9.87 Å². The number of aryl methyl sites for hydroxylation is 1. The summed E-state index contributed by atoms with van der Waals surface area (Å²) in [6.07, 6.45) is 3.31. The topological polar surface area (TPSA) is 75.7 Å². The molecule has 0 spiro atoms. The van der Waals surface area contributed by atoms with Gasteiger partial charge in [0.05, 0.1) is 25.0 Å². The van der Waals surface area contributed by atoms with Gasteiger partial charge in [0.15, 0.2) is 0 Å². The largest absolute Gasteiger partial charge is 0.492 e. The quantitative estimate of drug-likeness (QED) is 0.349. The average Bonchev–Trinajstić information content (AvgIpc) is 2.83. The molecule has 0 aromatic heterocycles. The third kappa shape index (κ3) is 7.47. The number of anilines is 1. The second-order valence-electron chi connectivity index (χ2n) is 8.35. The minimum atomic E-state index is -3.54. The van der Waals surface area contributed by atoms with E-state index in [2.05, 4.69) is 24.4 Å². The maximum Gasteiger partial charge on any atom is 0.251 e. The highest BCUT2D eigenvalue weighted by Gasteiger charge is 2.20. The van der Waals surface area contributed by atoms with Crippen molar-refractivity contribution in [3.05, 3.63) is 94.0 Å². The predicted molar refractivity (Wildman–Crippen MR) is 142 cm³/mol. The van der Waals surface area contributed by atoms with Crippen molar-refractivity contribution >= 4 is 33.2 Å². The summed E-state index contributed by atoms with van der Waals surface area (Å²) in [5.74, 6) is 0.554. The highest BCUT2D eigenvalue weighted by atomic mass is 35.5. The molecule has 8 heteroatoms. The molecule has 3 aromatic rings. The molecule has 0 saturated carbocycles. The van der Waals surface area contributed by atoms with Crippen molar-refractivity contribution in [3.8, 4) is 5.75 Å². The Hall–Kier alpha value is -3.03. The number of carbonyl (C=O) groups is 1. The van der Waals surface area contributed by atoms with Gasteiger partial charge in [-0.1, -0.05) is 55.3 Å². The van der Waals surface area contributed by atoms with Gasteiger partial charge in [-0.3, -0.25) is 9.10 Å². The third-order valence-electron chi connectivity index (χ3n) is 5.57. The van der Waals surface area contributed by atoms with E-state index in [1.807, 2.05) is 12.1 Å². The summed E-state index contributed by atoms with van der Waals surface area (Å²) < 4.78 is 32.0. The minimum absolute atomic E-state index is 0.132. The van der Waals surface area contributed by atoms with Crippen molar-refractivity contribution in [1.82, 2.24) is 5.32 Å². The molecule has 0 bridgehead atoms. The van der Waals surface area contributed by atoms with Crippen LogP contribution in [0.25, 0.3) is 0 Å². The van der Waals surface area contributed by atoms with Crippen molar-refractivity contribution < 1.29 is 17.9 Å². The smallest absolute Gasteiger partial charge is 0.251 e. The monoisotopic (exact) mass is 514 g/mol. The molecule has 186 valence electrons. The molecule has 0 fully saturated rings. The lowest BCUT2D eigenvalue weighted by Crippen LogP contribution is -2.30. The van der Waals surface area contributed by atoms with E-state index < -0.39 is 10.0 Å². The van der Waals surface area contributed by atoms with Gasteiger partial charge in [0, 0.05) is 10.6 Å². The summed E-state index contributed by atoms with van der Waals surface area (Å²) in [5, 5.41) is 3.34. The lowest BCUT2D eigenvalue weighted by atomic mass is 10.1. The average molecular weight is 515 g/mol. The van der Waals surface area contributed by atoms with Crippen molar-refractivity contribution in [2.45, 2.75) is 33.2 Å². The van der Waals surface area contributed by atoms with Crippen LogP contribution in [0.2, 0.25) is 5.02 Å². The van der Waals surface area contributed by atoms with Crippen LogP contribution in [-0.2, 0) is 23.0 Å². The lowest BCUT2D eigenvalue weighted by molar-refractivity contribution is 0.0947. The number of nitrogens with zero attached hydrogens (tertiary/aromatic N) is 1. The number of hydrogen-bond acceptors (Lipinski definition) is 4. The van der Waals surface area contributed by atoms with Gasteiger partial charge in [-0.05, 0) is 66.4 Å². The molecular formula is C27H31ClN2O4S. The Bertz CT molecular complexity index is 1240. The van der Waals surface area contributed by atoms with Gasteiger partial charge < -0.3 is 10.1 Å². The fraction of sp³-hybridized carbons (Fsp3) is 0.296. The van der Waals surface area contributed by atoms with Gasteiger partial charge in [-0.25, -0.2) is 8.42 Å². The molecule has 0 unspecified atom stereocenters. The van der Waals surface area contributed by atoms with E-state index in [4.69, 9.17) is 16.3 Å². The summed E-state index contributed by atoms with van der Waals surface area (Å²) in [4.78, 5) is 12.5. The lowest BCUT2D eigenvalue weighted by Gasteiger charge is -2.24. The van der Waals surface area contributed by atoms with Gasteiger partial charge in [-0.2, -0.15) is 0 Å². The van der Waals surface area contributed by atoms with Crippen molar-refractivity contribution in [2.24, 2.45) is 0 Å². The van der Waals surface area contributed by atoms with E-state index in [9.17, 15) is 13.2 Å². The molecule has 0 aliphatic heterocycles. The van der Waals surface area contributed by atoms with Crippen LogP contribution in [0.4, 0.5) is 5.69 Å². The van der Waals surface area contributed by atoms with Crippen LogP contribution in [0.3, 0.4) is 0 Å². The molecule has 0 aliphatic rings. The molecular weight excluding hydrogens is 484 g/mol. The van der Waals surface area contributed by atoms with Crippen LogP contribution in [-0.4, -0.2) is 33.7 Å². The number of carbonyl (C=O) groups excluding carboxylic acids is 1. The van der Waals surface area contributed by atoms with Crippen molar-refractivity contribution in [2.75, 3.05) is 23.7 Å². The molecule has 0 saturated heterocycles. The predicted octanol–water partition coefficient (Wildman–Crippen LogP) is 5.38. The van der Waals surface area contributed by atoms with Crippen LogP contribution in [0.15, 0.2) is 66.7 Å². The third-order valence-corrected chi connectivity index (χ3v) is 7.10. The van der Waals surface area contributed by atoms with E-state index in [0.29, 0.717) is 35.0 Å². The number of halogens is 1. The Labute approximate surface area is 212 Å². The van der Waals surface area contributed by atoms with E-state index in [1.54, 1.807) is 49.4 Å². The zero-order valence-corrected chi connectivity index (χ0v) is 21.8. The number of hydrogen-bond donors (Lipinski definition) is 1. The summed E-state index contributed by atoms with van der Waals surface area (Å²) in [5.41, 5.74) is 3.74. The van der Waals surface area contributed by atoms with E-state index in [-0.39, 0.29) is 12.5 Å². The zero-order valence-electron chi connectivity index (χ0n) is 20.3. The molecule has 0 atom stereocenters. The number of ether oxygens (including phenoxy) is 1. The summed E-state index contributed by atoms with van der Waals surface area (Å²) in [6, 6.07) is 20.0. The van der Waals surface area contributed by atoms with Crippen LogP contribution >= 0.6 is 11.6 Å². The normalized spacial score (nSPS) is 11.2. The molecule has 0 radical (unpaired) electrons. The van der Waals surface area contributed by atoms with Crippen LogP contribution in [0.5, 0.6) is 5.75 Å². The zero-order chi connectivity index (χ0) is 25.4. The van der Waals surface area contributed by atoms with E-state index in [0.717, 1.165) is 30.4 Å². The summed E-state index contributed by atoms with van der Waals surface area (Å²) in [7, 11) is -3.54. The Morgan fingerprint density at radius 1 is 1.00 bits per heavy atom. The van der Waals surface area contributed by atoms with Crippen LogP contribution in [0.1, 0.15) is 40.4 Å². The fourth-order valence-electron chi connectivity index (χ4n) is 3.65. The van der Waals surface area contributed by atoms with Gasteiger partial charge >= 0.3 is 0 Å². The molecule has 3 aromatic carbocycles. The molecule has 6 nitrogen and oxygen atoms in total. The van der Waals surface area contributed by atoms with Gasteiger partial charge in [0.2, 0.25) is 10.0 Å². The standard InChI is InChI=1S/C27H31ClN2O4S/c1-4-6-21-11-15-24(16-12-21)34-18-17-29-27(31)23-13-9-22(10-14-23)19-30(35(3,32)33)26-8-5-7-25(28)20(26)2/h5,7-16H,4,6,17-19H2,1-3H3,(H,29,31). The second kappa shape index (κ2) is 12.1. The number of amides is 1. The summed E-state index contributed by atoms with van der Waals surface area (Å²) >= 11 is 6.20. The van der Waals surface area contributed by atoms with Gasteiger partial charge in [0.1, 0.15) is 12.4 Å². The maximum atomic E-state index is 12.5. The molecule has 35 heavy (non-hydrogen) atoms. The Balaban J connectivity index is 1.56.